The topological polar surface area (TPSA) is 61.9 Å². The highest BCUT2D eigenvalue weighted by Gasteiger charge is 2.29. The third kappa shape index (κ3) is 4.72. The van der Waals surface area contributed by atoms with Crippen LogP contribution in [0.2, 0.25) is 0 Å². The quantitative estimate of drug-likeness (QED) is 0.843. The van der Waals surface area contributed by atoms with Crippen LogP contribution >= 0.6 is 0 Å². The van der Waals surface area contributed by atoms with E-state index in [1.54, 1.807) is 17.0 Å². The van der Waals surface area contributed by atoms with Gasteiger partial charge in [-0.1, -0.05) is 18.6 Å². The normalized spacial score (nSPS) is 19.7. The molecule has 1 N–H and O–H groups in total. The van der Waals surface area contributed by atoms with Crippen molar-refractivity contribution in [1.82, 2.24) is 15.1 Å². The largest absolute Gasteiger partial charge is 0.449 e. The number of cyclic esters (lactones) is 1. The predicted molar refractivity (Wildman–Crippen MR) is 95.1 cm³/mol. The number of amides is 2. The van der Waals surface area contributed by atoms with Crippen LogP contribution in [0.3, 0.4) is 0 Å². The number of piperidine rings is 1. The zero-order chi connectivity index (χ0) is 18.4. The molecule has 0 radical (unpaired) electrons. The molecular formula is C19H26FN3O3. The molecule has 1 atom stereocenters. The minimum Gasteiger partial charge on any atom is -0.449 e. The summed E-state index contributed by atoms with van der Waals surface area (Å²) < 4.78 is 18.3. The Morgan fingerprint density at radius 2 is 1.85 bits per heavy atom. The Kier molecular flexibility index (Phi) is 6.44. The van der Waals surface area contributed by atoms with Crippen molar-refractivity contribution in [3.05, 3.63) is 35.6 Å². The number of rotatable bonds is 6. The number of hydrogen-bond donors (Lipinski definition) is 1. The number of benzene rings is 1. The van der Waals surface area contributed by atoms with Crippen molar-refractivity contribution in [3.8, 4) is 0 Å². The third-order valence-electron chi connectivity index (χ3n) is 4.93. The van der Waals surface area contributed by atoms with Gasteiger partial charge in [0.2, 0.25) is 5.91 Å². The number of hydrogen-bond acceptors (Lipinski definition) is 4. The van der Waals surface area contributed by atoms with Crippen LogP contribution in [0.5, 0.6) is 0 Å². The Hall–Kier alpha value is -2.15. The molecule has 0 bridgehead atoms. The van der Waals surface area contributed by atoms with Crippen molar-refractivity contribution in [1.29, 1.82) is 0 Å². The highest BCUT2D eigenvalue weighted by Crippen LogP contribution is 2.25. The zero-order valence-corrected chi connectivity index (χ0v) is 15.0. The van der Waals surface area contributed by atoms with E-state index in [1.807, 2.05) is 0 Å². The minimum absolute atomic E-state index is 0.108. The lowest BCUT2D eigenvalue weighted by atomic mass is 10.0. The fourth-order valence-electron chi connectivity index (χ4n) is 3.56. The van der Waals surface area contributed by atoms with E-state index in [4.69, 9.17) is 4.74 Å². The first-order chi connectivity index (χ1) is 12.6. The molecule has 2 fully saturated rings. The summed E-state index contributed by atoms with van der Waals surface area (Å²) >= 11 is 0. The Morgan fingerprint density at radius 1 is 1.12 bits per heavy atom. The molecule has 26 heavy (non-hydrogen) atoms. The monoisotopic (exact) mass is 363 g/mol. The summed E-state index contributed by atoms with van der Waals surface area (Å²) in [5.41, 5.74) is 0.795. The van der Waals surface area contributed by atoms with Crippen molar-refractivity contribution in [2.75, 3.05) is 39.3 Å². The molecule has 1 aromatic carbocycles. The smallest absolute Gasteiger partial charge is 0.409 e. The Morgan fingerprint density at radius 3 is 2.54 bits per heavy atom. The first-order valence-corrected chi connectivity index (χ1v) is 9.34. The standard InChI is InChI=1S/C19H26FN3O3/c20-16-7-5-15(6-8-16)17(22-10-2-1-3-11-22)18(24)21-9-13-23-12-4-14-26-19(23)25/h5-8,17H,1-4,9-14H2,(H,21,24)/t17-/m1/s1. The van der Waals surface area contributed by atoms with E-state index in [9.17, 15) is 14.0 Å². The molecule has 6 nitrogen and oxygen atoms in total. The Balaban J connectivity index is 1.62. The molecule has 142 valence electrons. The number of carbonyl (C=O) groups excluding carboxylic acids is 2. The van der Waals surface area contributed by atoms with Crippen molar-refractivity contribution in [2.45, 2.75) is 31.7 Å². The van der Waals surface area contributed by atoms with Gasteiger partial charge in [-0.2, -0.15) is 0 Å². The van der Waals surface area contributed by atoms with E-state index in [0.717, 1.165) is 37.9 Å². The number of halogens is 1. The highest BCUT2D eigenvalue weighted by atomic mass is 19.1. The fraction of sp³-hybridized carbons (Fsp3) is 0.579. The molecule has 0 aliphatic carbocycles. The Labute approximate surface area is 153 Å². The minimum atomic E-state index is -0.427. The molecule has 2 saturated heterocycles. The van der Waals surface area contributed by atoms with Crippen LogP contribution in [0.1, 0.15) is 37.3 Å². The van der Waals surface area contributed by atoms with Crippen molar-refractivity contribution in [2.24, 2.45) is 0 Å². The van der Waals surface area contributed by atoms with E-state index >= 15 is 0 Å². The second-order valence-electron chi connectivity index (χ2n) is 6.80. The van der Waals surface area contributed by atoms with Crippen LogP contribution in [0.25, 0.3) is 0 Å². The lowest BCUT2D eigenvalue weighted by Crippen LogP contribution is -2.46. The van der Waals surface area contributed by atoms with Crippen LogP contribution in [-0.2, 0) is 9.53 Å². The number of likely N-dealkylation sites (tertiary alicyclic amines) is 1. The zero-order valence-electron chi connectivity index (χ0n) is 15.0. The molecule has 7 heteroatoms. The number of ether oxygens (including phenoxy) is 1. The van der Waals surface area contributed by atoms with E-state index in [1.165, 1.54) is 18.6 Å². The maximum Gasteiger partial charge on any atom is 0.409 e. The van der Waals surface area contributed by atoms with Gasteiger partial charge in [0.15, 0.2) is 0 Å². The lowest BCUT2D eigenvalue weighted by Gasteiger charge is -2.34. The maximum atomic E-state index is 13.3. The van der Waals surface area contributed by atoms with Gasteiger partial charge in [0.25, 0.3) is 0 Å². The van der Waals surface area contributed by atoms with Gasteiger partial charge >= 0.3 is 6.09 Å². The molecule has 0 saturated carbocycles. The van der Waals surface area contributed by atoms with Crippen LogP contribution < -0.4 is 5.32 Å². The summed E-state index contributed by atoms with van der Waals surface area (Å²) in [5.74, 6) is -0.418. The first-order valence-electron chi connectivity index (χ1n) is 9.34. The SMILES string of the molecule is O=C(NCCN1CCCOC1=O)[C@@H](c1ccc(F)cc1)N1CCCCC1. The predicted octanol–water partition coefficient (Wildman–Crippen LogP) is 2.31. The summed E-state index contributed by atoms with van der Waals surface area (Å²) in [6, 6.07) is 5.71. The van der Waals surface area contributed by atoms with Gasteiger partial charge in [0, 0.05) is 19.6 Å². The second-order valence-corrected chi connectivity index (χ2v) is 6.80. The van der Waals surface area contributed by atoms with Crippen LogP contribution in [0, 0.1) is 5.82 Å². The van der Waals surface area contributed by atoms with Crippen molar-refractivity contribution in [3.63, 3.8) is 0 Å². The molecule has 0 unspecified atom stereocenters. The van der Waals surface area contributed by atoms with Gasteiger partial charge in [-0.15, -0.1) is 0 Å². The molecule has 1 aromatic rings. The summed E-state index contributed by atoms with van der Waals surface area (Å²) in [7, 11) is 0. The van der Waals surface area contributed by atoms with Gasteiger partial charge in [-0.3, -0.25) is 9.69 Å². The number of nitrogens with zero attached hydrogens (tertiary/aromatic N) is 2. The average molecular weight is 363 g/mol. The Bertz CT molecular complexity index is 617. The maximum absolute atomic E-state index is 13.3. The van der Waals surface area contributed by atoms with E-state index in [-0.39, 0.29) is 17.8 Å². The molecule has 2 heterocycles. The number of carbonyl (C=O) groups is 2. The van der Waals surface area contributed by atoms with Gasteiger partial charge < -0.3 is 15.0 Å². The van der Waals surface area contributed by atoms with Crippen LogP contribution in [-0.4, -0.2) is 61.1 Å². The molecule has 3 rings (SSSR count). The summed E-state index contributed by atoms with van der Waals surface area (Å²) in [4.78, 5) is 28.3. The first kappa shape index (κ1) is 18.6. The summed E-state index contributed by atoms with van der Waals surface area (Å²) in [6.45, 7) is 3.63. The van der Waals surface area contributed by atoms with E-state index < -0.39 is 6.04 Å². The fourth-order valence-corrected chi connectivity index (χ4v) is 3.56. The van der Waals surface area contributed by atoms with Gasteiger partial charge in [-0.25, -0.2) is 9.18 Å². The van der Waals surface area contributed by atoms with E-state index in [0.29, 0.717) is 26.2 Å². The third-order valence-corrected chi connectivity index (χ3v) is 4.93. The molecule has 0 spiro atoms. The summed E-state index contributed by atoms with van der Waals surface area (Å²) in [6.07, 6.45) is 3.78. The second kappa shape index (κ2) is 8.98. The number of nitrogens with one attached hydrogen (secondary N) is 1. The van der Waals surface area contributed by atoms with Crippen molar-refractivity contribution >= 4 is 12.0 Å². The average Bonchev–Trinajstić information content (AvgIpc) is 2.66. The van der Waals surface area contributed by atoms with Gasteiger partial charge in [0.05, 0.1) is 6.61 Å². The molecule has 2 aliphatic rings. The van der Waals surface area contributed by atoms with Gasteiger partial charge in [0.1, 0.15) is 11.9 Å². The lowest BCUT2D eigenvalue weighted by molar-refractivity contribution is -0.127. The van der Waals surface area contributed by atoms with Crippen LogP contribution in [0.15, 0.2) is 24.3 Å². The molecule has 2 aliphatic heterocycles. The van der Waals surface area contributed by atoms with Gasteiger partial charge in [-0.05, 0) is 50.0 Å². The van der Waals surface area contributed by atoms with E-state index in [2.05, 4.69) is 10.2 Å². The van der Waals surface area contributed by atoms with Crippen molar-refractivity contribution < 1.29 is 18.7 Å². The molecule has 0 aromatic heterocycles. The molecule has 2 amide bonds. The van der Waals surface area contributed by atoms with Crippen LogP contribution in [0.4, 0.5) is 9.18 Å². The molecular weight excluding hydrogens is 337 g/mol. The highest BCUT2D eigenvalue weighted by molar-refractivity contribution is 5.83. The summed E-state index contributed by atoms with van der Waals surface area (Å²) in [5, 5.41) is 2.94.